The molecule has 0 aliphatic carbocycles. The molecular formula is C21H28N2O4. The Morgan fingerprint density at radius 1 is 1.30 bits per heavy atom. The zero-order chi connectivity index (χ0) is 19.4. The smallest absolute Gasteiger partial charge is 0.254 e. The van der Waals surface area contributed by atoms with E-state index in [1.165, 1.54) is 6.42 Å². The van der Waals surface area contributed by atoms with Gasteiger partial charge in [0.15, 0.2) is 11.5 Å². The highest BCUT2D eigenvalue weighted by atomic mass is 16.5. The highest BCUT2D eigenvalue weighted by Gasteiger charge is 2.26. The van der Waals surface area contributed by atoms with Crippen LogP contribution in [-0.4, -0.2) is 35.7 Å². The van der Waals surface area contributed by atoms with Gasteiger partial charge < -0.3 is 18.9 Å². The van der Waals surface area contributed by atoms with Crippen LogP contribution in [0.4, 0.5) is 0 Å². The number of benzene rings is 1. The summed E-state index contributed by atoms with van der Waals surface area (Å²) in [6.07, 6.45) is 4.33. The number of hydrogen-bond acceptors (Lipinski definition) is 5. The van der Waals surface area contributed by atoms with Gasteiger partial charge in [0, 0.05) is 18.2 Å². The van der Waals surface area contributed by atoms with Crippen molar-refractivity contribution in [3.63, 3.8) is 0 Å². The quantitative estimate of drug-likeness (QED) is 0.757. The van der Waals surface area contributed by atoms with E-state index >= 15 is 0 Å². The number of methoxy groups -OCH3 is 1. The maximum Gasteiger partial charge on any atom is 0.254 e. The van der Waals surface area contributed by atoms with Crippen LogP contribution < -0.4 is 9.47 Å². The molecule has 146 valence electrons. The van der Waals surface area contributed by atoms with Gasteiger partial charge in [0.2, 0.25) is 0 Å². The second kappa shape index (κ2) is 8.46. The number of likely N-dealkylation sites (tertiary alicyclic amines) is 1. The lowest BCUT2D eigenvalue weighted by Crippen LogP contribution is -2.43. The fourth-order valence-electron chi connectivity index (χ4n) is 3.64. The lowest BCUT2D eigenvalue weighted by molar-refractivity contribution is 0.0607. The second-order valence-electron chi connectivity index (χ2n) is 7.01. The number of amides is 1. The molecule has 1 atom stereocenters. The van der Waals surface area contributed by atoms with E-state index in [1.807, 2.05) is 24.8 Å². The van der Waals surface area contributed by atoms with E-state index in [0.717, 1.165) is 42.8 Å². The SMILES string of the molecule is CCC1CCCCN1C(=O)c1ccc(OCc2c(C)noc2C)c(OC)c1. The summed E-state index contributed by atoms with van der Waals surface area (Å²) in [5, 5.41) is 3.94. The summed E-state index contributed by atoms with van der Waals surface area (Å²) in [4.78, 5) is 15.0. The molecule has 1 aromatic heterocycles. The van der Waals surface area contributed by atoms with E-state index in [-0.39, 0.29) is 5.91 Å². The maximum atomic E-state index is 13.0. The zero-order valence-corrected chi connectivity index (χ0v) is 16.6. The highest BCUT2D eigenvalue weighted by molar-refractivity contribution is 5.95. The molecule has 0 bridgehead atoms. The summed E-state index contributed by atoms with van der Waals surface area (Å²) in [6.45, 7) is 7.05. The van der Waals surface area contributed by atoms with Crippen LogP contribution in [0.15, 0.2) is 22.7 Å². The van der Waals surface area contributed by atoms with E-state index in [1.54, 1.807) is 19.2 Å². The van der Waals surface area contributed by atoms with Crippen LogP contribution in [0.5, 0.6) is 11.5 Å². The third-order valence-electron chi connectivity index (χ3n) is 5.32. The molecule has 1 unspecified atom stereocenters. The summed E-state index contributed by atoms with van der Waals surface area (Å²) >= 11 is 0. The van der Waals surface area contributed by atoms with Gasteiger partial charge in [0.1, 0.15) is 12.4 Å². The molecule has 1 fully saturated rings. The third-order valence-corrected chi connectivity index (χ3v) is 5.32. The normalized spacial score (nSPS) is 17.0. The van der Waals surface area contributed by atoms with Gasteiger partial charge in [-0.05, 0) is 57.7 Å². The monoisotopic (exact) mass is 372 g/mol. The van der Waals surface area contributed by atoms with Crippen molar-refractivity contribution in [1.29, 1.82) is 0 Å². The molecule has 1 aliphatic heterocycles. The first-order valence-electron chi connectivity index (χ1n) is 9.58. The van der Waals surface area contributed by atoms with Gasteiger partial charge in [0.25, 0.3) is 5.91 Å². The molecule has 1 amide bonds. The Balaban J connectivity index is 1.76. The average Bonchev–Trinajstić information content (AvgIpc) is 3.03. The number of ether oxygens (including phenoxy) is 2. The highest BCUT2D eigenvalue weighted by Crippen LogP contribution is 2.31. The Morgan fingerprint density at radius 3 is 2.78 bits per heavy atom. The molecule has 1 aliphatic rings. The van der Waals surface area contributed by atoms with Crippen LogP contribution in [0.2, 0.25) is 0 Å². The standard InChI is InChI=1S/C21H28N2O4/c1-5-17-8-6-7-11-23(17)21(24)16-9-10-19(20(12-16)25-4)26-13-18-14(2)22-27-15(18)3/h9-10,12,17H,5-8,11,13H2,1-4H3. The van der Waals surface area contributed by atoms with Crippen LogP contribution in [0.1, 0.15) is 60.0 Å². The molecular weight excluding hydrogens is 344 g/mol. The summed E-state index contributed by atoms with van der Waals surface area (Å²) in [5.74, 6) is 1.96. The first-order valence-corrected chi connectivity index (χ1v) is 9.58. The van der Waals surface area contributed by atoms with Crippen LogP contribution in [0.3, 0.4) is 0 Å². The maximum absolute atomic E-state index is 13.0. The van der Waals surface area contributed by atoms with Crippen LogP contribution in [0, 0.1) is 13.8 Å². The molecule has 2 aromatic rings. The minimum atomic E-state index is 0.0668. The first-order chi connectivity index (χ1) is 13.0. The van der Waals surface area contributed by atoms with Gasteiger partial charge in [-0.1, -0.05) is 12.1 Å². The number of nitrogens with zero attached hydrogens (tertiary/aromatic N) is 2. The Hall–Kier alpha value is -2.50. The van der Waals surface area contributed by atoms with Crippen molar-refractivity contribution in [2.24, 2.45) is 0 Å². The fourth-order valence-corrected chi connectivity index (χ4v) is 3.64. The Kier molecular flexibility index (Phi) is 6.04. The number of carbonyl (C=O) groups is 1. The average molecular weight is 372 g/mol. The molecule has 3 rings (SSSR count). The number of rotatable bonds is 6. The van der Waals surface area contributed by atoms with Crippen molar-refractivity contribution in [2.45, 2.75) is 59.1 Å². The van der Waals surface area contributed by atoms with Crippen molar-refractivity contribution in [2.75, 3.05) is 13.7 Å². The van der Waals surface area contributed by atoms with E-state index < -0.39 is 0 Å². The molecule has 1 saturated heterocycles. The second-order valence-corrected chi connectivity index (χ2v) is 7.01. The number of carbonyl (C=O) groups excluding carboxylic acids is 1. The predicted octanol–water partition coefficient (Wildman–Crippen LogP) is 4.28. The lowest BCUT2D eigenvalue weighted by atomic mass is 9.99. The molecule has 1 aromatic carbocycles. The lowest BCUT2D eigenvalue weighted by Gasteiger charge is -2.35. The van der Waals surface area contributed by atoms with Crippen LogP contribution >= 0.6 is 0 Å². The molecule has 2 heterocycles. The summed E-state index contributed by atoms with van der Waals surface area (Å²) < 4.78 is 16.5. The Labute approximate surface area is 160 Å². The van der Waals surface area contributed by atoms with Crippen molar-refractivity contribution in [1.82, 2.24) is 10.1 Å². The Morgan fingerprint density at radius 2 is 2.11 bits per heavy atom. The number of aromatic nitrogens is 1. The van der Waals surface area contributed by atoms with E-state index in [4.69, 9.17) is 14.0 Å². The molecule has 6 heteroatoms. The van der Waals surface area contributed by atoms with Crippen LogP contribution in [-0.2, 0) is 6.61 Å². The van der Waals surface area contributed by atoms with Crippen LogP contribution in [0.25, 0.3) is 0 Å². The van der Waals surface area contributed by atoms with Gasteiger partial charge in [-0.15, -0.1) is 0 Å². The van der Waals surface area contributed by atoms with Gasteiger partial charge in [0.05, 0.1) is 18.4 Å². The van der Waals surface area contributed by atoms with Gasteiger partial charge >= 0.3 is 0 Å². The summed E-state index contributed by atoms with van der Waals surface area (Å²) in [7, 11) is 1.59. The zero-order valence-electron chi connectivity index (χ0n) is 16.6. The van der Waals surface area contributed by atoms with E-state index in [0.29, 0.717) is 29.7 Å². The Bertz CT molecular complexity index is 780. The van der Waals surface area contributed by atoms with Gasteiger partial charge in [-0.2, -0.15) is 0 Å². The summed E-state index contributed by atoms with van der Waals surface area (Å²) in [6, 6.07) is 5.71. The molecule has 6 nitrogen and oxygen atoms in total. The number of piperidine rings is 1. The number of aryl methyl sites for hydroxylation is 2. The molecule has 0 radical (unpaired) electrons. The first kappa shape index (κ1) is 19.3. The predicted molar refractivity (Wildman–Crippen MR) is 102 cm³/mol. The molecule has 0 spiro atoms. The van der Waals surface area contributed by atoms with Crippen molar-refractivity contribution in [3.8, 4) is 11.5 Å². The summed E-state index contributed by atoms with van der Waals surface area (Å²) in [5.41, 5.74) is 2.38. The molecule has 0 saturated carbocycles. The van der Waals surface area contributed by atoms with Gasteiger partial charge in [-0.3, -0.25) is 4.79 Å². The van der Waals surface area contributed by atoms with E-state index in [2.05, 4.69) is 12.1 Å². The topological polar surface area (TPSA) is 64.8 Å². The minimum absolute atomic E-state index is 0.0668. The minimum Gasteiger partial charge on any atom is -0.493 e. The fraction of sp³-hybridized carbons (Fsp3) is 0.524. The molecule has 0 N–H and O–H groups in total. The largest absolute Gasteiger partial charge is 0.493 e. The van der Waals surface area contributed by atoms with Crippen molar-refractivity contribution >= 4 is 5.91 Å². The van der Waals surface area contributed by atoms with Crippen molar-refractivity contribution in [3.05, 3.63) is 40.8 Å². The van der Waals surface area contributed by atoms with E-state index in [9.17, 15) is 4.79 Å². The van der Waals surface area contributed by atoms with Crippen molar-refractivity contribution < 1.29 is 18.8 Å². The van der Waals surface area contributed by atoms with Gasteiger partial charge in [-0.25, -0.2) is 0 Å². The number of hydrogen-bond donors (Lipinski definition) is 0. The third kappa shape index (κ3) is 4.10. The molecule has 27 heavy (non-hydrogen) atoms.